The lowest BCUT2D eigenvalue weighted by molar-refractivity contribution is -0.135. The van der Waals surface area contributed by atoms with E-state index in [0.29, 0.717) is 26.1 Å². The molecule has 7 heteroatoms. The van der Waals surface area contributed by atoms with Crippen molar-refractivity contribution in [2.75, 3.05) is 58.3 Å². The second-order valence-corrected chi connectivity index (χ2v) is 7.04. The number of hydrogen-bond donors (Lipinski definition) is 1. The molecule has 2 atom stereocenters. The average molecular weight is 345 g/mol. The SMILES string of the molecule is CN(C)CCNC(=O)C1CC1C(=O)N1CCN(c2ccccn2)CC1. The summed E-state index contributed by atoms with van der Waals surface area (Å²) < 4.78 is 0. The van der Waals surface area contributed by atoms with Gasteiger partial charge in [0.1, 0.15) is 5.82 Å². The van der Waals surface area contributed by atoms with E-state index >= 15 is 0 Å². The number of nitrogens with zero attached hydrogens (tertiary/aromatic N) is 4. The summed E-state index contributed by atoms with van der Waals surface area (Å²) >= 11 is 0. The molecular formula is C18H27N5O2. The molecule has 1 N–H and O–H groups in total. The van der Waals surface area contributed by atoms with Crippen LogP contribution in [0.5, 0.6) is 0 Å². The van der Waals surface area contributed by atoms with Crippen LogP contribution in [0.4, 0.5) is 5.82 Å². The van der Waals surface area contributed by atoms with Crippen LogP contribution in [0.15, 0.2) is 24.4 Å². The molecule has 25 heavy (non-hydrogen) atoms. The van der Waals surface area contributed by atoms with Gasteiger partial charge >= 0.3 is 0 Å². The maximum absolute atomic E-state index is 12.6. The zero-order chi connectivity index (χ0) is 17.8. The molecule has 136 valence electrons. The Morgan fingerprint density at radius 2 is 1.96 bits per heavy atom. The lowest BCUT2D eigenvalue weighted by Crippen LogP contribution is -2.49. The smallest absolute Gasteiger partial charge is 0.226 e. The minimum absolute atomic E-state index is 0.0207. The fourth-order valence-corrected chi connectivity index (χ4v) is 3.22. The molecule has 1 aliphatic carbocycles. The van der Waals surface area contributed by atoms with Gasteiger partial charge in [0.2, 0.25) is 11.8 Å². The van der Waals surface area contributed by atoms with Crippen LogP contribution >= 0.6 is 0 Å². The summed E-state index contributed by atoms with van der Waals surface area (Å²) in [5.41, 5.74) is 0. The first-order valence-electron chi connectivity index (χ1n) is 8.93. The topological polar surface area (TPSA) is 68.8 Å². The highest BCUT2D eigenvalue weighted by atomic mass is 16.2. The molecule has 0 radical (unpaired) electrons. The number of rotatable bonds is 6. The third-order valence-electron chi connectivity index (χ3n) is 4.87. The lowest BCUT2D eigenvalue weighted by atomic mass is 10.2. The second kappa shape index (κ2) is 7.82. The largest absolute Gasteiger partial charge is 0.355 e. The monoisotopic (exact) mass is 345 g/mol. The Labute approximate surface area is 149 Å². The quantitative estimate of drug-likeness (QED) is 0.789. The summed E-state index contributed by atoms with van der Waals surface area (Å²) in [7, 11) is 3.94. The Morgan fingerprint density at radius 3 is 2.60 bits per heavy atom. The van der Waals surface area contributed by atoms with Gasteiger partial charge < -0.3 is 20.0 Å². The molecule has 0 aromatic carbocycles. The van der Waals surface area contributed by atoms with Crippen molar-refractivity contribution in [3.63, 3.8) is 0 Å². The van der Waals surface area contributed by atoms with Crippen LogP contribution in [0.3, 0.4) is 0 Å². The van der Waals surface area contributed by atoms with E-state index in [9.17, 15) is 9.59 Å². The normalized spacial score (nSPS) is 22.8. The first kappa shape index (κ1) is 17.7. The van der Waals surface area contributed by atoms with Gasteiger partial charge in [0.25, 0.3) is 0 Å². The predicted octanol–water partition coefficient (Wildman–Crippen LogP) is 0.0441. The number of carbonyl (C=O) groups is 2. The second-order valence-electron chi connectivity index (χ2n) is 7.04. The van der Waals surface area contributed by atoms with Crippen LogP contribution in [0.2, 0.25) is 0 Å². The summed E-state index contributed by atoms with van der Waals surface area (Å²) in [6, 6.07) is 5.87. The van der Waals surface area contributed by atoms with Crippen LogP contribution in [-0.2, 0) is 9.59 Å². The summed E-state index contributed by atoms with van der Waals surface area (Å²) in [6.45, 7) is 4.41. The summed E-state index contributed by atoms with van der Waals surface area (Å²) in [6.07, 6.45) is 2.48. The van der Waals surface area contributed by atoms with Gasteiger partial charge in [-0.25, -0.2) is 4.98 Å². The Bertz CT molecular complexity index is 599. The van der Waals surface area contributed by atoms with Crippen LogP contribution in [-0.4, -0.2) is 80.0 Å². The van der Waals surface area contributed by atoms with Gasteiger partial charge in [-0.15, -0.1) is 0 Å². The van der Waals surface area contributed by atoms with Gasteiger partial charge in [-0.1, -0.05) is 6.07 Å². The molecule has 1 aromatic heterocycles. The van der Waals surface area contributed by atoms with Gasteiger partial charge in [0, 0.05) is 45.5 Å². The third kappa shape index (κ3) is 4.48. The molecule has 1 saturated heterocycles. The number of carbonyl (C=O) groups excluding carboxylic acids is 2. The van der Waals surface area contributed by atoms with Crippen molar-refractivity contribution in [3.05, 3.63) is 24.4 Å². The van der Waals surface area contributed by atoms with E-state index in [0.717, 1.165) is 25.5 Å². The van der Waals surface area contributed by atoms with Gasteiger partial charge in [0.15, 0.2) is 0 Å². The van der Waals surface area contributed by atoms with Crippen molar-refractivity contribution in [1.29, 1.82) is 0 Å². The molecule has 2 amide bonds. The van der Waals surface area contributed by atoms with E-state index in [1.54, 1.807) is 6.20 Å². The molecule has 3 rings (SSSR count). The molecule has 0 spiro atoms. The van der Waals surface area contributed by atoms with Gasteiger partial charge in [-0.05, 0) is 32.6 Å². The number of likely N-dealkylation sites (N-methyl/N-ethyl adjacent to an activating group) is 1. The molecular weight excluding hydrogens is 318 g/mol. The molecule has 2 aliphatic rings. The minimum Gasteiger partial charge on any atom is -0.355 e. The Balaban J connectivity index is 1.42. The maximum Gasteiger partial charge on any atom is 0.226 e. The summed E-state index contributed by atoms with van der Waals surface area (Å²) in [5.74, 6) is 0.851. The Hall–Kier alpha value is -2.15. The summed E-state index contributed by atoms with van der Waals surface area (Å²) in [5, 5.41) is 2.92. The zero-order valence-corrected chi connectivity index (χ0v) is 15.0. The number of aromatic nitrogens is 1. The van der Waals surface area contributed by atoms with Crippen LogP contribution in [0, 0.1) is 11.8 Å². The molecule has 2 unspecified atom stereocenters. The molecule has 2 heterocycles. The van der Waals surface area contributed by atoms with Gasteiger partial charge in [-0.2, -0.15) is 0 Å². The molecule has 1 aromatic rings. The average Bonchev–Trinajstić information content (AvgIpc) is 3.42. The number of anilines is 1. The third-order valence-corrected chi connectivity index (χ3v) is 4.87. The van der Waals surface area contributed by atoms with Crippen molar-refractivity contribution in [2.24, 2.45) is 11.8 Å². The zero-order valence-electron chi connectivity index (χ0n) is 15.0. The van der Waals surface area contributed by atoms with E-state index in [2.05, 4.69) is 15.2 Å². The van der Waals surface area contributed by atoms with Crippen LogP contribution in [0.25, 0.3) is 0 Å². The molecule has 0 bridgehead atoms. The van der Waals surface area contributed by atoms with E-state index in [4.69, 9.17) is 0 Å². The number of hydrogen-bond acceptors (Lipinski definition) is 5. The highest BCUT2D eigenvalue weighted by molar-refractivity contribution is 5.92. The minimum atomic E-state index is -0.136. The summed E-state index contributed by atoms with van der Waals surface area (Å²) in [4.78, 5) is 35.2. The maximum atomic E-state index is 12.6. The van der Waals surface area contributed by atoms with Crippen LogP contribution in [0.1, 0.15) is 6.42 Å². The highest BCUT2D eigenvalue weighted by Crippen LogP contribution is 2.40. The van der Waals surface area contributed by atoms with E-state index in [1.165, 1.54) is 0 Å². The number of nitrogens with one attached hydrogen (secondary N) is 1. The van der Waals surface area contributed by atoms with Crippen molar-refractivity contribution < 1.29 is 9.59 Å². The molecule has 7 nitrogen and oxygen atoms in total. The fraction of sp³-hybridized carbons (Fsp3) is 0.611. The van der Waals surface area contributed by atoms with Crippen LogP contribution < -0.4 is 10.2 Å². The Morgan fingerprint density at radius 1 is 1.20 bits per heavy atom. The number of pyridine rings is 1. The first-order chi connectivity index (χ1) is 12.1. The standard InChI is InChI=1S/C18H27N5O2/c1-21(2)8-7-20-17(24)14-13-15(14)18(25)23-11-9-22(10-12-23)16-5-3-4-6-19-16/h3-6,14-15H,7-13H2,1-2H3,(H,20,24). The predicted molar refractivity (Wildman–Crippen MR) is 96.2 cm³/mol. The lowest BCUT2D eigenvalue weighted by Gasteiger charge is -2.35. The fourth-order valence-electron chi connectivity index (χ4n) is 3.22. The van der Waals surface area contributed by atoms with Crippen molar-refractivity contribution in [3.8, 4) is 0 Å². The van der Waals surface area contributed by atoms with Crippen molar-refractivity contribution in [1.82, 2.24) is 20.1 Å². The van der Waals surface area contributed by atoms with Gasteiger partial charge in [-0.3, -0.25) is 9.59 Å². The van der Waals surface area contributed by atoms with Gasteiger partial charge in [0.05, 0.1) is 11.8 Å². The van der Waals surface area contributed by atoms with Crippen molar-refractivity contribution >= 4 is 17.6 Å². The number of amides is 2. The molecule has 1 saturated carbocycles. The van der Waals surface area contributed by atoms with E-state index in [1.807, 2.05) is 42.1 Å². The van der Waals surface area contributed by atoms with Crippen molar-refractivity contribution in [2.45, 2.75) is 6.42 Å². The molecule has 2 fully saturated rings. The Kier molecular flexibility index (Phi) is 5.53. The number of piperazine rings is 1. The van der Waals surface area contributed by atoms with E-state index in [-0.39, 0.29) is 23.7 Å². The first-order valence-corrected chi connectivity index (χ1v) is 8.93. The molecule has 1 aliphatic heterocycles. The highest BCUT2D eigenvalue weighted by Gasteiger charge is 2.49. The van der Waals surface area contributed by atoms with E-state index < -0.39 is 0 Å².